The standard InChI is InChI=1S/5Cu.2H3O4P.2O/c;;;;;2*1-5(2,3)4;;/h;;;;;2*(H3,1,2,3,4);;/q5*+2;;;2*-2/p-6. The first-order valence-electron chi connectivity index (χ1n) is 1.46. The van der Waals surface area contributed by atoms with Gasteiger partial charge in [-0.05, 0) is 0 Å². The molecule has 0 atom stereocenters. The van der Waals surface area contributed by atoms with Gasteiger partial charge in [-0.3, -0.25) is 0 Å². The number of hydrogen-bond acceptors (Lipinski definition) is 8. The van der Waals surface area contributed by atoms with E-state index in [0.717, 1.165) is 0 Å². The third kappa shape index (κ3) is 701. The fraction of sp³-hybridized carbons (Fsp3) is 0. The predicted octanol–water partition coefficient (Wildman–Crippen LogP) is -5.90. The van der Waals surface area contributed by atoms with Crippen LogP contribution in [0.4, 0.5) is 0 Å². The van der Waals surface area contributed by atoms with Crippen molar-refractivity contribution < 1.29 is 135 Å². The van der Waals surface area contributed by atoms with Crippen molar-refractivity contribution in [3.63, 3.8) is 0 Å². The number of hydrogen-bond donors (Lipinski definition) is 0. The Labute approximate surface area is 149 Å². The molecule has 0 saturated carbocycles. The molecule has 0 bridgehead atoms. The van der Waals surface area contributed by atoms with Crippen LogP contribution in [0.2, 0.25) is 0 Å². The fourth-order valence-corrected chi connectivity index (χ4v) is 0. The molecule has 0 amide bonds. The molecule has 0 spiro atoms. The van der Waals surface area contributed by atoms with Gasteiger partial charge in [-0.1, -0.05) is 0 Å². The van der Waals surface area contributed by atoms with Crippen LogP contribution in [0, 0.1) is 0 Å². The summed E-state index contributed by atoms with van der Waals surface area (Å²) in [5, 5.41) is 0. The summed E-state index contributed by atoms with van der Waals surface area (Å²) in [6, 6.07) is 0. The van der Waals surface area contributed by atoms with Crippen LogP contribution in [0.1, 0.15) is 0 Å². The zero-order valence-electron chi connectivity index (χ0n) is 6.48. The van der Waals surface area contributed by atoms with Crippen LogP contribution in [-0.4, -0.2) is 0 Å². The molecule has 0 N–H and O–H groups in total. The largest absolute Gasteiger partial charge is 2.00 e. The van der Waals surface area contributed by atoms with Gasteiger partial charge in [-0.2, -0.15) is 15.6 Å². The van der Waals surface area contributed by atoms with Gasteiger partial charge in [0.05, 0.1) is 0 Å². The SMILES string of the molecule is O=P([O-])([O-])[O-].O=P([O-])([O-])[O-].[Cu+2].[Cu+2].[Cu+2].[Cu+2].[Cu+2].[O-2].[O-2]. The summed E-state index contributed by atoms with van der Waals surface area (Å²) in [6.07, 6.45) is 0. The normalized spacial score (nSPS) is 6.94. The van der Waals surface area contributed by atoms with Crippen LogP contribution in [0.25, 0.3) is 0 Å². The van der Waals surface area contributed by atoms with Crippen LogP contribution in [0.15, 0.2) is 0 Å². The molecule has 125 valence electrons. The van der Waals surface area contributed by atoms with Crippen molar-refractivity contribution >= 4 is 15.6 Å². The van der Waals surface area contributed by atoms with E-state index in [2.05, 4.69) is 0 Å². The summed E-state index contributed by atoms with van der Waals surface area (Å²) in [5.74, 6) is 0. The molecule has 17 heavy (non-hydrogen) atoms. The van der Waals surface area contributed by atoms with Gasteiger partial charge < -0.3 is 49.4 Å². The van der Waals surface area contributed by atoms with E-state index in [4.69, 9.17) is 38.5 Å². The Morgan fingerprint density at radius 3 is 0.471 bits per heavy atom. The average Bonchev–Trinajstić information content (AvgIpc) is 1.12. The van der Waals surface area contributed by atoms with E-state index in [1.54, 1.807) is 0 Å². The third-order valence-electron chi connectivity index (χ3n) is 0. The van der Waals surface area contributed by atoms with Gasteiger partial charge in [-0.25, -0.2) is 0 Å². The molecule has 5 radical (unpaired) electrons. The van der Waals surface area contributed by atoms with Crippen LogP contribution >= 0.6 is 15.6 Å². The monoisotopic (exact) mass is 537 g/mol. The molecule has 0 saturated heterocycles. The Hall–Kier alpha value is 2.74. The second-order valence-corrected chi connectivity index (χ2v) is 2.68. The van der Waals surface area contributed by atoms with Crippen LogP contribution in [-0.2, 0) is 105 Å². The zero-order chi connectivity index (χ0) is 9.00. The number of rotatable bonds is 0. The second-order valence-electron chi connectivity index (χ2n) is 0.894. The Morgan fingerprint density at radius 1 is 0.471 bits per heavy atom. The summed E-state index contributed by atoms with van der Waals surface area (Å²) in [6.45, 7) is 0. The molecule has 10 nitrogen and oxygen atoms in total. The quantitative estimate of drug-likeness (QED) is 0.212. The average molecular weight is 540 g/mol. The molecular weight excluding hydrogens is 540 g/mol. The first kappa shape index (κ1) is 60.1. The first-order chi connectivity index (χ1) is 4.00. The molecule has 0 aliphatic rings. The van der Waals surface area contributed by atoms with Crippen LogP contribution < -0.4 is 29.4 Å². The molecule has 0 aromatic rings. The molecule has 0 rings (SSSR count). The van der Waals surface area contributed by atoms with E-state index >= 15 is 0 Å². The molecule has 17 heteroatoms. The van der Waals surface area contributed by atoms with E-state index in [1.165, 1.54) is 0 Å². The van der Waals surface area contributed by atoms with Crippen molar-refractivity contribution in [3.8, 4) is 0 Å². The predicted molar refractivity (Wildman–Crippen MR) is 16.6 cm³/mol. The van der Waals surface area contributed by atoms with Crippen molar-refractivity contribution in [2.45, 2.75) is 0 Å². The first-order valence-corrected chi connectivity index (χ1v) is 4.38. The molecule has 0 aliphatic carbocycles. The van der Waals surface area contributed by atoms with Gasteiger partial charge in [0.1, 0.15) is 0 Å². The Bertz CT molecular complexity index is 135. The van der Waals surface area contributed by atoms with E-state index in [0.29, 0.717) is 0 Å². The van der Waals surface area contributed by atoms with Crippen molar-refractivity contribution in [2.75, 3.05) is 0 Å². The molecule has 0 fully saturated rings. The van der Waals surface area contributed by atoms with Crippen molar-refractivity contribution in [3.05, 3.63) is 0 Å². The van der Waals surface area contributed by atoms with E-state index < -0.39 is 15.6 Å². The topological polar surface area (TPSA) is 230 Å². The molecule has 0 heterocycles. The summed E-state index contributed by atoms with van der Waals surface area (Å²) in [4.78, 5) is 51.3. The molecular formula is Cu5O10P2. The van der Waals surface area contributed by atoms with Gasteiger partial charge in [0, 0.05) is 0 Å². The Kier molecular flexibility index (Phi) is 96.0. The summed E-state index contributed by atoms with van der Waals surface area (Å²) in [5.41, 5.74) is 0. The van der Waals surface area contributed by atoms with Crippen LogP contribution in [0.5, 0.6) is 0 Å². The van der Waals surface area contributed by atoms with Gasteiger partial charge in [0.15, 0.2) is 0 Å². The summed E-state index contributed by atoms with van der Waals surface area (Å²) < 4.78 is 17.1. The Balaban J connectivity index is -0.00000000762. The summed E-state index contributed by atoms with van der Waals surface area (Å²) in [7, 11) is -10.8. The van der Waals surface area contributed by atoms with Gasteiger partial charge >= 0.3 is 85.3 Å². The van der Waals surface area contributed by atoms with Crippen molar-refractivity contribution in [1.29, 1.82) is 0 Å². The summed E-state index contributed by atoms with van der Waals surface area (Å²) >= 11 is 0. The zero-order valence-corrected chi connectivity index (χ0v) is 13.0. The van der Waals surface area contributed by atoms with E-state index in [-0.39, 0.29) is 96.3 Å². The van der Waals surface area contributed by atoms with Gasteiger partial charge in [0.2, 0.25) is 0 Å². The van der Waals surface area contributed by atoms with Crippen molar-refractivity contribution in [2.24, 2.45) is 0 Å². The minimum absolute atomic E-state index is 0. The van der Waals surface area contributed by atoms with Gasteiger partial charge in [-0.15, -0.1) is 0 Å². The van der Waals surface area contributed by atoms with E-state index in [9.17, 15) is 0 Å². The smallest absolute Gasteiger partial charge is 2.00 e. The molecule has 0 aliphatic heterocycles. The molecule has 0 unspecified atom stereocenters. The minimum atomic E-state index is -5.39. The Morgan fingerprint density at radius 2 is 0.471 bits per heavy atom. The van der Waals surface area contributed by atoms with E-state index in [1.807, 2.05) is 0 Å². The maximum atomic E-state index is 8.55. The maximum Gasteiger partial charge on any atom is 2.00 e. The third-order valence-corrected chi connectivity index (χ3v) is 0. The maximum absolute atomic E-state index is 8.55. The fourth-order valence-electron chi connectivity index (χ4n) is 0. The number of phosphoric acid groups is 2. The second kappa shape index (κ2) is 27.1. The van der Waals surface area contributed by atoms with Gasteiger partial charge in [0.25, 0.3) is 0 Å². The van der Waals surface area contributed by atoms with Crippen LogP contribution in [0.3, 0.4) is 0 Å². The molecule has 0 aromatic heterocycles. The molecule has 0 aromatic carbocycles. The van der Waals surface area contributed by atoms with Crippen molar-refractivity contribution in [1.82, 2.24) is 0 Å². The minimum Gasteiger partial charge on any atom is -2.00 e.